The van der Waals surface area contributed by atoms with Gasteiger partial charge in [-0.15, -0.1) is 0 Å². The summed E-state index contributed by atoms with van der Waals surface area (Å²) in [6, 6.07) is 69.8. The van der Waals surface area contributed by atoms with Crippen molar-refractivity contribution in [1.29, 1.82) is 0 Å². The Morgan fingerprint density at radius 2 is 0.847 bits per heavy atom. The molecular formula is C56H32N2O. The van der Waals surface area contributed by atoms with Gasteiger partial charge in [0.25, 0.3) is 0 Å². The molecular weight excluding hydrogens is 717 g/mol. The minimum atomic E-state index is 0.685. The number of para-hydroxylation sites is 1. The first-order chi connectivity index (χ1) is 29.2. The lowest BCUT2D eigenvalue weighted by Crippen LogP contribution is -1.97. The Labute approximate surface area is 338 Å². The van der Waals surface area contributed by atoms with E-state index in [4.69, 9.17) is 14.4 Å². The fraction of sp³-hybridized carbons (Fsp3) is 0. The normalized spacial score (nSPS) is 12.1. The second-order valence-electron chi connectivity index (χ2n) is 15.6. The zero-order chi connectivity index (χ0) is 38.6. The molecule has 2 heterocycles. The highest BCUT2D eigenvalue weighted by atomic mass is 16.3. The third kappa shape index (κ3) is 4.82. The molecule has 2 aromatic heterocycles. The van der Waals surface area contributed by atoms with Crippen LogP contribution in [0.3, 0.4) is 0 Å². The fourth-order valence-electron chi connectivity index (χ4n) is 9.73. The summed E-state index contributed by atoms with van der Waals surface area (Å²) in [6.07, 6.45) is 0. The van der Waals surface area contributed by atoms with E-state index in [1.807, 2.05) is 18.2 Å². The molecule has 0 saturated heterocycles. The van der Waals surface area contributed by atoms with Crippen LogP contribution in [0.4, 0.5) is 0 Å². The largest absolute Gasteiger partial charge is 0.456 e. The minimum absolute atomic E-state index is 0.685. The predicted molar refractivity (Wildman–Crippen MR) is 247 cm³/mol. The standard InChI is InChI=1S/C56H32N2O/c1-2-11-36(12-3-1)56-57-48(32-49(58-56)41-17-5-4-16-40(41)37-27-28-43-42-18-6-7-22-50(42)59-51(43)31-37)39-29-38-26-25-35-14-9-20-45-44-19-8-13-33-23-24-34-15-10-21-46(54(34)52(33)44)47(30-39)55(38)53(35)45/h1-32H. The second-order valence-corrected chi connectivity index (χ2v) is 15.6. The zero-order valence-corrected chi connectivity index (χ0v) is 31.8. The monoisotopic (exact) mass is 748 g/mol. The first-order valence-corrected chi connectivity index (χ1v) is 20.1. The molecule has 59 heavy (non-hydrogen) atoms. The number of fused-ring (bicyclic) bond motifs is 5. The van der Waals surface area contributed by atoms with Crippen LogP contribution in [0.5, 0.6) is 0 Å². The number of furan rings is 1. The highest BCUT2D eigenvalue weighted by Crippen LogP contribution is 2.45. The van der Waals surface area contributed by atoms with Gasteiger partial charge in [-0.3, -0.25) is 0 Å². The van der Waals surface area contributed by atoms with Crippen LogP contribution in [0.2, 0.25) is 0 Å². The van der Waals surface area contributed by atoms with Gasteiger partial charge < -0.3 is 4.42 Å². The smallest absolute Gasteiger partial charge is 0.160 e. The number of hydrogen-bond donors (Lipinski definition) is 0. The molecule has 0 atom stereocenters. The van der Waals surface area contributed by atoms with E-state index in [0.29, 0.717) is 5.82 Å². The zero-order valence-electron chi connectivity index (χ0n) is 31.8. The molecule has 0 fully saturated rings. The van der Waals surface area contributed by atoms with Crippen molar-refractivity contribution < 1.29 is 4.42 Å². The van der Waals surface area contributed by atoms with Crippen LogP contribution in [0.25, 0.3) is 132 Å². The maximum absolute atomic E-state index is 6.35. The molecule has 0 unspecified atom stereocenters. The molecule has 0 N–H and O–H groups in total. The van der Waals surface area contributed by atoms with E-state index >= 15 is 0 Å². The van der Waals surface area contributed by atoms with Crippen LogP contribution in [0, 0.1) is 0 Å². The van der Waals surface area contributed by atoms with E-state index < -0.39 is 0 Å². The van der Waals surface area contributed by atoms with Crippen molar-refractivity contribution in [3.05, 3.63) is 194 Å². The van der Waals surface area contributed by atoms with Crippen molar-refractivity contribution in [3.8, 4) is 45.0 Å². The molecule has 13 rings (SSSR count). The van der Waals surface area contributed by atoms with E-state index in [-0.39, 0.29) is 0 Å². The number of benzene rings is 10. The van der Waals surface area contributed by atoms with Gasteiger partial charge in [-0.2, -0.15) is 0 Å². The van der Waals surface area contributed by atoms with Gasteiger partial charge in [-0.1, -0.05) is 158 Å². The number of rotatable bonds is 4. The first kappa shape index (κ1) is 32.2. The molecule has 0 spiro atoms. The van der Waals surface area contributed by atoms with Gasteiger partial charge in [0.1, 0.15) is 11.2 Å². The lowest BCUT2D eigenvalue weighted by molar-refractivity contribution is 0.669. The fourth-order valence-corrected chi connectivity index (χ4v) is 9.73. The van der Waals surface area contributed by atoms with E-state index in [2.05, 4.69) is 176 Å². The van der Waals surface area contributed by atoms with E-state index in [0.717, 1.165) is 61.1 Å². The predicted octanol–water partition coefficient (Wildman–Crippen LogP) is 15.4. The van der Waals surface area contributed by atoms with Gasteiger partial charge in [0, 0.05) is 27.5 Å². The minimum Gasteiger partial charge on any atom is -0.456 e. The highest BCUT2D eigenvalue weighted by Gasteiger charge is 2.19. The quantitative estimate of drug-likeness (QED) is 0.168. The first-order valence-electron chi connectivity index (χ1n) is 20.1. The van der Waals surface area contributed by atoms with E-state index in [9.17, 15) is 0 Å². The van der Waals surface area contributed by atoms with Crippen molar-refractivity contribution in [3.63, 3.8) is 0 Å². The molecule has 13 aromatic rings. The van der Waals surface area contributed by atoms with Crippen LogP contribution >= 0.6 is 0 Å². The molecule has 0 aliphatic heterocycles. The van der Waals surface area contributed by atoms with Crippen molar-refractivity contribution in [2.24, 2.45) is 0 Å². The number of hydrogen-bond acceptors (Lipinski definition) is 3. The van der Waals surface area contributed by atoms with Gasteiger partial charge in [0.2, 0.25) is 0 Å². The Balaban J connectivity index is 1.10. The summed E-state index contributed by atoms with van der Waals surface area (Å²) < 4.78 is 6.35. The van der Waals surface area contributed by atoms with Crippen LogP contribution in [0.1, 0.15) is 0 Å². The summed E-state index contributed by atoms with van der Waals surface area (Å²) in [5, 5.41) is 17.3. The lowest BCUT2D eigenvalue weighted by Gasteiger charge is -2.17. The third-order valence-corrected chi connectivity index (χ3v) is 12.4. The lowest BCUT2D eigenvalue weighted by atomic mass is 9.87. The Kier molecular flexibility index (Phi) is 6.72. The molecule has 0 saturated carbocycles. The van der Waals surface area contributed by atoms with Crippen molar-refractivity contribution >= 4 is 86.6 Å². The van der Waals surface area contributed by atoms with Gasteiger partial charge in [0.15, 0.2) is 5.82 Å². The van der Waals surface area contributed by atoms with Crippen LogP contribution < -0.4 is 0 Å². The molecule has 0 aliphatic carbocycles. The second kappa shape index (κ2) is 12.3. The number of aromatic nitrogens is 2. The van der Waals surface area contributed by atoms with Gasteiger partial charge in [-0.25, -0.2) is 9.97 Å². The summed E-state index contributed by atoms with van der Waals surface area (Å²) in [5.41, 5.74) is 8.69. The molecule has 0 bridgehead atoms. The average molecular weight is 749 g/mol. The van der Waals surface area contributed by atoms with Crippen LogP contribution in [-0.2, 0) is 0 Å². The summed E-state index contributed by atoms with van der Waals surface area (Å²) in [4.78, 5) is 10.7. The van der Waals surface area contributed by atoms with E-state index in [1.165, 1.54) is 64.6 Å². The molecule has 0 aliphatic rings. The van der Waals surface area contributed by atoms with E-state index in [1.54, 1.807) is 0 Å². The van der Waals surface area contributed by atoms with Gasteiger partial charge in [-0.05, 0) is 112 Å². The molecule has 11 aromatic carbocycles. The SMILES string of the molecule is c1ccc(-c2nc(-c3cc4ccc5cccc6c7cccc8ccc9cccc(c(c3)c4c56)c9c87)cc(-c3ccccc3-c3ccc4c(c3)oc3ccccc34)n2)cc1. The van der Waals surface area contributed by atoms with Crippen molar-refractivity contribution in [2.45, 2.75) is 0 Å². The summed E-state index contributed by atoms with van der Waals surface area (Å²) >= 11 is 0. The molecule has 0 amide bonds. The third-order valence-electron chi connectivity index (χ3n) is 12.4. The Hall–Kier alpha value is -7.88. The molecule has 0 radical (unpaired) electrons. The summed E-state index contributed by atoms with van der Waals surface area (Å²) in [6.45, 7) is 0. The Morgan fingerprint density at radius 3 is 1.58 bits per heavy atom. The maximum atomic E-state index is 6.35. The Bertz CT molecular complexity index is 3840. The van der Waals surface area contributed by atoms with Gasteiger partial charge >= 0.3 is 0 Å². The Morgan fingerprint density at radius 1 is 0.288 bits per heavy atom. The highest BCUT2D eigenvalue weighted by molar-refractivity contribution is 6.37. The van der Waals surface area contributed by atoms with Crippen LogP contribution in [-0.4, -0.2) is 9.97 Å². The summed E-state index contributed by atoms with van der Waals surface area (Å²) in [5.74, 6) is 0.685. The summed E-state index contributed by atoms with van der Waals surface area (Å²) in [7, 11) is 0. The number of nitrogens with zero attached hydrogens (tertiary/aromatic N) is 2. The maximum Gasteiger partial charge on any atom is 0.160 e. The molecule has 3 heteroatoms. The topological polar surface area (TPSA) is 38.9 Å². The van der Waals surface area contributed by atoms with Crippen LogP contribution in [0.15, 0.2) is 199 Å². The molecule has 272 valence electrons. The van der Waals surface area contributed by atoms with Crippen molar-refractivity contribution in [2.75, 3.05) is 0 Å². The van der Waals surface area contributed by atoms with Crippen molar-refractivity contribution in [1.82, 2.24) is 9.97 Å². The van der Waals surface area contributed by atoms with Gasteiger partial charge in [0.05, 0.1) is 11.4 Å². The average Bonchev–Trinajstić information content (AvgIpc) is 3.68. The molecule has 3 nitrogen and oxygen atoms in total.